The van der Waals surface area contributed by atoms with Crippen LogP contribution in [-0.2, 0) is 28.2 Å². The molecule has 1 spiro atoms. The number of imidazole rings is 1. The number of carbonyl (C=O) groups is 2. The van der Waals surface area contributed by atoms with E-state index in [2.05, 4.69) is 20.6 Å². The second-order valence-corrected chi connectivity index (χ2v) is 8.96. The van der Waals surface area contributed by atoms with Crippen molar-refractivity contribution in [1.29, 1.82) is 0 Å². The minimum atomic E-state index is -0.654. The minimum Gasteiger partial charge on any atom is -0.352 e. The molecular formula is C23H30N6O3. The van der Waals surface area contributed by atoms with Gasteiger partial charge in [0.25, 0.3) is 5.91 Å². The van der Waals surface area contributed by atoms with E-state index in [4.69, 9.17) is 4.74 Å². The van der Waals surface area contributed by atoms with E-state index in [9.17, 15) is 9.59 Å². The number of nitrogens with zero attached hydrogens (tertiary/aromatic N) is 4. The van der Waals surface area contributed by atoms with E-state index in [0.29, 0.717) is 45.1 Å². The molecule has 1 aliphatic carbocycles. The van der Waals surface area contributed by atoms with Gasteiger partial charge in [0.1, 0.15) is 11.4 Å². The maximum Gasteiger partial charge on any atom is 0.317 e. The average Bonchev–Trinajstić information content (AvgIpc) is 3.51. The van der Waals surface area contributed by atoms with Crippen LogP contribution in [0.4, 0.5) is 4.79 Å². The number of urea groups is 1. The minimum absolute atomic E-state index is 0.00977. The van der Waals surface area contributed by atoms with Crippen LogP contribution >= 0.6 is 0 Å². The van der Waals surface area contributed by atoms with Crippen molar-refractivity contribution in [3.8, 4) is 0 Å². The average molecular weight is 439 g/mol. The van der Waals surface area contributed by atoms with E-state index >= 15 is 0 Å². The van der Waals surface area contributed by atoms with Crippen LogP contribution in [0.3, 0.4) is 0 Å². The summed E-state index contributed by atoms with van der Waals surface area (Å²) < 4.78 is 8.45. The molecule has 1 atom stereocenters. The Kier molecular flexibility index (Phi) is 5.82. The Bertz CT molecular complexity index is 948. The summed E-state index contributed by atoms with van der Waals surface area (Å²) >= 11 is 0. The number of aromatic nitrogens is 3. The molecule has 0 radical (unpaired) electrons. The molecule has 32 heavy (non-hydrogen) atoms. The van der Waals surface area contributed by atoms with E-state index in [0.717, 1.165) is 24.4 Å². The van der Waals surface area contributed by atoms with E-state index in [1.807, 2.05) is 33.9 Å². The van der Waals surface area contributed by atoms with Gasteiger partial charge in [-0.25, -0.2) is 9.78 Å². The van der Waals surface area contributed by atoms with Gasteiger partial charge in [-0.2, -0.15) is 0 Å². The summed E-state index contributed by atoms with van der Waals surface area (Å²) in [5.41, 5.74) is 0.148. The highest BCUT2D eigenvalue weighted by atomic mass is 16.5. The van der Waals surface area contributed by atoms with Crippen LogP contribution in [-0.4, -0.2) is 56.6 Å². The number of amides is 3. The van der Waals surface area contributed by atoms with Crippen molar-refractivity contribution >= 4 is 11.9 Å². The largest absolute Gasteiger partial charge is 0.352 e. The summed E-state index contributed by atoms with van der Waals surface area (Å²) in [4.78, 5) is 36.3. The Morgan fingerprint density at radius 2 is 1.94 bits per heavy atom. The number of nitrogens with one attached hydrogen (secondary N) is 2. The highest BCUT2D eigenvalue weighted by Gasteiger charge is 2.47. The lowest BCUT2D eigenvalue weighted by Gasteiger charge is -2.45. The predicted octanol–water partition coefficient (Wildman–Crippen LogP) is 1.94. The lowest BCUT2D eigenvalue weighted by Crippen LogP contribution is -2.56. The number of pyridine rings is 1. The molecule has 1 saturated heterocycles. The summed E-state index contributed by atoms with van der Waals surface area (Å²) in [5.74, 6) is 0.693. The van der Waals surface area contributed by atoms with Gasteiger partial charge in [0.2, 0.25) is 0 Å². The van der Waals surface area contributed by atoms with Crippen LogP contribution in [0.2, 0.25) is 0 Å². The summed E-state index contributed by atoms with van der Waals surface area (Å²) in [6.07, 6.45) is 10.5. The standard InChI is InChI=1S/C23H30N6O3/c30-20(26-15-18-7-3-4-10-24-18)19-16-29-14-11-25-21(29)23(32-19)8-12-28(13-9-23)22(31)27-17-5-1-2-6-17/h3-4,7,10-11,14,17,19H,1-2,5-6,8-9,12-13,15-16H2,(H,26,30)(H,27,31)/t19-/m0/s1. The summed E-state index contributed by atoms with van der Waals surface area (Å²) in [5, 5.41) is 6.12. The van der Waals surface area contributed by atoms with Crippen molar-refractivity contribution in [2.75, 3.05) is 13.1 Å². The first-order valence-electron chi connectivity index (χ1n) is 11.6. The molecule has 1 saturated carbocycles. The third-order valence-corrected chi connectivity index (χ3v) is 6.86. The van der Waals surface area contributed by atoms with Crippen molar-refractivity contribution in [2.45, 2.75) is 69.4 Å². The van der Waals surface area contributed by atoms with Crippen LogP contribution in [0.1, 0.15) is 50.0 Å². The van der Waals surface area contributed by atoms with Gasteiger partial charge in [0.15, 0.2) is 6.10 Å². The highest BCUT2D eigenvalue weighted by molar-refractivity contribution is 5.81. The molecule has 3 amide bonds. The molecule has 9 heteroatoms. The van der Waals surface area contributed by atoms with Gasteiger partial charge in [-0.1, -0.05) is 18.9 Å². The molecule has 5 rings (SSSR count). The number of carbonyl (C=O) groups excluding carboxylic acids is 2. The fourth-order valence-corrected chi connectivity index (χ4v) is 5.08. The highest BCUT2D eigenvalue weighted by Crippen LogP contribution is 2.40. The zero-order chi connectivity index (χ0) is 22.0. The Morgan fingerprint density at radius 3 is 2.69 bits per heavy atom. The molecule has 170 valence electrons. The van der Waals surface area contributed by atoms with Gasteiger partial charge < -0.3 is 24.8 Å². The zero-order valence-electron chi connectivity index (χ0n) is 18.2. The van der Waals surface area contributed by atoms with Crippen molar-refractivity contribution < 1.29 is 14.3 Å². The van der Waals surface area contributed by atoms with Crippen molar-refractivity contribution in [3.63, 3.8) is 0 Å². The quantitative estimate of drug-likeness (QED) is 0.760. The number of fused-ring (bicyclic) bond motifs is 2. The second-order valence-electron chi connectivity index (χ2n) is 8.96. The van der Waals surface area contributed by atoms with Gasteiger partial charge >= 0.3 is 6.03 Å². The molecule has 2 aromatic rings. The Hall–Kier alpha value is -2.94. The van der Waals surface area contributed by atoms with Crippen LogP contribution < -0.4 is 10.6 Å². The normalized spacial score (nSPS) is 22.5. The monoisotopic (exact) mass is 438 g/mol. The van der Waals surface area contributed by atoms with Crippen molar-refractivity contribution in [3.05, 3.63) is 48.3 Å². The molecule has 0 unspecified atom stereocenters. The fraction of sp³-hybridized carbons (Fsp3) is 0.565. The van der Waals surface area contributed by atoms with Crippen molar-refractivity contribution in [1.82, 2.24) is 30.1 Å². The van der Waals surface area contributed by atoms with Crippen LogP contribution in [0.5, 0.6) is 0 Å². The molecule has 2 aromatic heterocycles. The van der Waals surface area contributed by atoms with E-state index in [1.165, 1.54) is 12.8 Å². The zero-order valence-corrected chi connectivity index (χ0v) is 18.2. The van der Waals surface area contributed by atoms with Gasteiger partial charge in [-0.3, -0.25) is 9.78 Å². The van der Waals surface area contributed by atoms with Gasteiger partial charge in [-0.05, 0) is 25.0 Å². The number of piperidine rings is 1. The lowest BCUT2D eigenvalue weighted by molar-refractivity contribution is -0.172. The molecule has 0 bridgehead atoms. The van der Waals surface area contributed by atoms with Gasteiger partial charge in [0, 0.05) is 50.6 Å². The molecule has 2 fully saturated rings. The molecule has 0 aromatic carbocycles. The molecule has 9 nitrogen and oxygen atoms in total. The third-order valence-electron chi connectivity index (χ3n) is 6.86. The van der Waals surface area contributed by atoms with E-state index in [1.54, 1.807) is 12.4 Å². The Morgan fingerprint density at radius 1 is 1.12 bits per heavy atom. The molecule has 2 aliphatic heterocycles. The van der Waals surface area contributed by atoms with Crippen molar-refractivity contribution in [2.24, 2.45) is 0 Å². The smallest absolute Gasteiger partial charge is 0.317 e. The fourth-order valence-electron chi connectivity index (χ4n) is 5.08. The first kappa shape index (κ1) is 20.9. The van der Waals surface area contributed by atoms with E-state index in [-0.39, 0.29) is 11.9 Å². The maximum atomic E-state index is 12.9. The molecular weight excluding hydrogens is 408 g/mol. The van der Waals surface area contributed by atoms with Crippen LogP contribution in [0, 0.1) is 0 Å². The Balaban J connectivity index is 1.23. The van der Waals surface area contributed by atoms with Gasteiger partial charge in [0.05, 0.1) is 18.8 Å². The topological polar surface area (TPSA) is 101 Å². The van der Waals surface area contributed by atoms with E-state index < -0.39 is 11.7 Å². The maximum absolute atomic E-state index is 12.9. The van der Waals surface area contributed by atoms with Gasteiger partial charge in [-0.15, -0.1) is 0 Å². The second kappa shape index (κ2) is 8.90. The first-order chi connectivity index (χ1) is 15.6. The number of ether oxygens (including phenoxy) is 1. The summed E-state index contributed by atoms with van der Waals surface area (Å²) in [6.45, 7) is 1.94. The first-order valence-corrected chi connectivity index (χ1v) is 11.6. The summed E-state index contributed by atoms with van der Waals surface area (Å²) in [7, 11) is 0. The third kappa shape index (κ3) is 4.21. The molecule has 2 N–H and O–H groups in total. The SMILES string of the molecule is O=C(NCc1ccccn1)[C@@H]1Cn2ccnc2C2(CCN(C(=O)NC3CCCC3)CC2)O1. The molecule has 3 aliphatic rings. The number of likely N-dealkylation sites (tertiary alicyclic amines) is 1. The molecule has 4 heterocycles. The number of hydrogen-bond acceptors (Lipinski definition) is 5. The predicted molar refractivity (Wildman–Crippen MR) is 116 cm³/mol. The van der Waals surface area contributed by atoms with Crippen LogP contribution in [0.15, 0.2) is 36.8 Å². The summed E-state index contributed by atoms with van der Waals surface area (Å²) in [6, 6.07) is 5.94. The Labute approximate surface area is 187 Å². The number of rotatable bonds is 4. The van der Waals surface area contributed by atoms with Crippen LogP contribution in [0.25, 0.3) is 0 Å². The lowest BCUT2D eigenvalue weighted by atomic mass is 9.88. The number of hydrogen-bond donors (Lipinski definition) is 2.